The van der Waals surface area contributed by atoms with Crippen LogP contribution in [0, 0.1) is 0 Å². The summed E-state index contributed by atoms with van der Waals surface area (Å²) in [4.78, 5) is 31.1. The van der Waals surface area contributed by atoms with Gasteiger partial charge in [0, 0.05) is 47.7 Å². The summed E-state index contributed by atoms with van der Waals surface area (Å²) < 4.78 is 21.5. The van der Waals surface area contributed by atoms with Gasteiger partial charge in [-0.15, -0.1) is 0 Å². The van der Waals surface area contributed by atoms with Gasteiger partial charge in [0.05, 0.1) is 24.9 Å². The number of alkyl halides is 1. The van der Waals surface area contributed by atoms with Gasteiger partial charge in [0.25, 0.3) is 5.91 Å². The van der Waals surface area contributed by atoms with Crippen LogP contribution < -0.4 is 0 Å². The number of hydrogen-bond donors (Lipinski definition) is 0. The number of benzene rings is 2. The number of carbonyl (C=O) groups excluding carboxylic acids is 2. The van der Waals surface area contributed by atoms with Gasteiger partial charge in [-0.05, 0) is 80.3 Å². The molecule has 3 aliphatic heterocycles. The first-order valence-corrected chi connectivity index (χ1v) is 16.2. The van der Waals surface area contributed by atoms with Crippen molar-refractivity contribution in [2.45, 2.75) is 82.5 Å². The number of aromatic nitrogens is 1. The van der Waals surface area contributed by atoms with Crippen molar-refractivity contribution in [2.75, 3.05) is 33.3 Å². The number of likely N-dealkylation sites (tertiary alicyclic amines) is 2. The molecule has 2 aromatic carbocycles. The molecule has 6 nitrogen and oxygen atoms in total. The Morgan fingerprint density at radius 1 is 0.907 bits per heavy atom. The molecule has 3 fully saturated rings. The van der Waals surface area contributed by atoms with Gasteiger partial charge >= 0.3 is 5.97 Å². The predicted octanol–water partition coefficient (Wildman–Crippen LogP) is 6.96. The van der Waals surface area contributed by atoms with E-state index in [0.717, 1.165) is 60.9 Å². The van der Waals surface area contributed by atoms with E-state index in [2.05, 4.69) is 39.8 Å². The first-order chi connectivity index (χ1) is 21.0. The molecule has 1 unspecified atom stereocenters. The minimum Gasteiger partial charge on any atom is -0.465 e. The number of esters is 1. The van der Waals surface area contributed by atoms with Crippen LogP contribution in [0.2, 0.25) is 0 Å². The number of ether oxygens (including phenoxy) is 1. The summed E-state index contributed by atoms with van der Waals surface area (Å²) in [5, 5.41) is 1.17. The smallest absolute Gasteiger partial charge is 0.337 e. The number of hydrogen-bond acceptors (Lipinski definition) is 4. The van der Waals surface area contributed by atoms with Crippen molar-refractivity contribution >= 4 is 28.9 Å². The van der Waals surface area contributed by atoms with E-state index in [1.807, 2.05) is 23.1 Å². The molecule has 7 heteroatoms. The Morgan fingerprint density at radius 2 is 1.70 bits per heavy atom. The highest BCUT2D eigenvalue weighted by molar-refractivity contribution is 6.03. The minimum atomic E-state index is -0.728. The van der Waals surface area contributed by atoms with Crippen LogP contribution in [0.3, 0.4) is 0 Å². The zero-order valence-corrected chi connectivity index (χ0v) is 25.2. The van der Waals surface area contributed by atoms with E-state index in [0.29, 0.717) is 50.1 Å². The summed E-state index contributed by atoms with van der Waals surface area (Å²) in [5.74, 6) is 0.168. The third kappa shape index (κ3) is 5.30. The summed E-state index contributed by atoms with van der Waals surface area (Å²) >= 11 is 0. The third-order valence-corrected chi connectivity index (χ3v) is 10.4. The fourth-order valence-electron chi connectivity index (χ4n) is 8.17. The van der Waals surface area contributed by atoms with E-state index in [4.69, 9.17) is 4.74 Å². The third-order valence-electron chi connectivity index (χ3n) is 10.4. The van der Waals surface area contributed by atoms with E-state index in [9.17, 15) is 14.0 Å². The zero-order chi connectivity index (χ0) is 29.5. The Bertz CT molecular complexity index is 1560. The number of fused-ring (bicyclic) bond motifs is 5. The van der Waals surface area contributed by atoms with Crippen LogP contribution in [0.15, 0.2) is 48.0 Å². The highest BCUT2D eigenvalue weighted by Gasteiger charge is 2.34. The molecule has 3 aromatic rings. The Morgan fingerprint density at radius 3 is 2.47 bits per heavy atom. The highest BCUT2D eigenvalue weighted by atomic mass is 19.1. The van der Waals surface area contributed by atoms with E-state index in [-0.39, 0.29) is 11.9 Å². The van der Waals surface area contributed by atoms with Crippen LogP contribution >= 0.6 is 0 Å². The molecule has 1 atom stereocenters. The normalized spacial score (nSPS) is 22.0. The summed E-state index contributed by atoms with van der Waals surface area (Å²) in [6, 6.07) is 14.7. The van der Waals surface area contributed by atoms with Crippen molar-refractivity contribution in [3.63, 3.8) is 0 Å². The second-order valence-electron chi connectivity index (χ2n) is 12.9. The number of halogens is 1. The first-order valence-electron chi connectivity index (χ1n) is 16.2. The molecule has 0 spiro atoms. The van der Waals surface area contributed by atoms with Gasteiger partial charge in [-0.1, -0.05) is 49.6 Å². The van der Waals surface area contributed by atoms with Gasteiger partial charge in [0.15, 0.2) is 0 Å². The molecule has 1 amide bonds. The summed E-state index contributed by atoms with van der Waals surface area (Å²) in [7, 11) is 1.42. The molecule has 43 heavy (non-hydrogen) atoms. The average molecular weight is 584 g/mol. The lowest BCUT2D eigenvalue weighted by molar-refractivity contribution is -0.129. The predicted molar refractivity (Wildman–Crippen MR) is 168 cm³/mol. The summed E-state index contributed by atoms with van der Waals surface area (Å²) in [6.45, 7) is 3.32. The van der Waals surface area contributed by atoms with Crippen LogP contribution in [0.25, 0.3) is 28.2 Å². The Kier molecular flexibility index (Phi) is 7.85. The molecule has 2 saturated heterocycles. The van der Waals surface area contributed by atoms with E-state index >= 15 is 0 Å². The minimum absolute atomic E-state index is 0.0771. The van der Waals surface area contributed by atoms with Gasteiger partial charge < -0.3 is 14.2 Å². The second kappa shape index (κ2) is 11.9. The molecule has 0 N–H and O–H groups in total. The lowest BCUT2D eigenvalue weighted by Crippen LogP contribution is -2.50. The quantitative estimate of drug-likeness (QED) is 0.312. The zero-order valence-electron chi connectivity index (χ0n) is 25.2. The maximum absolute atomic E-state index is 14.2. The van der Waals surface area contributed by atoms with Crippen LogP contribution in [0.5, 0.6) is 0 Å². The molecule has 0 radical (unpaired) electrons. The molecule has 7 rings (SSSR count). The lowest BCUT2D eigenvalue weighted by Gasteiger charge is -2.41. The van der Waals surface area contributed by atoms with Crippen LogP contribution in [0.1, 0.15) is 85.2 Å². The SMILES string of the molecule is COC(=O)c1ccc2c(C3CCCCC3)c3n(c2c1)CC(C(=O)N1CCC(N2CCCC(F)C2)CC1)=Cc1ccccc1-3. The fourth-order valence-corrected chi connectivity index (χ4v) is 8.17. The van der Waals surface area contributed by atoms with Gasteiger partial charge in [-0.2, -0.15) is 0 Å². The first kappa shape index (κ1) is 28.3. The Hall–Kier alpha value is -3.45. The van der Waals surface area contributed by atoms with Crippen molar-refractivity contribution in [2.24, 2.45) is 0 Å². The molecule has 4 heterocycles. The van der Waals surface area contributed by atoms with E-state index in [1.54, 1.807) is 0 Å². The number of piperidine rings is 2. The van der Waals surface area contributed by atoms with Crippen LogP contribution in [0.4, 0.5) is 4.39 Å². The molecule has 1 aliphatic carbocycles. The monoisotopic (exact) mass is 583 g/mol. The molecule has 226 valence electrons. The molecule has 4 aliphatic rings. The Balaban J connectivity index is 1.26. The Labute approximate surface area is 253 Å². The van der Waals surface area contributed by atoms with Gasteiger partial charge in [-0.3, -0.25) is 9.69 Å². The topological polar surface area (TPSA) is 54.8 Å². The van der Waals surface area contributed by atoms with E-state index in [1.165, 1.54) is 43.0 Å². The molecule has 1 aromatic heterocycles. The van der Waals surface area contributed by atoms with Gasteiger partial charge in [-0.25, -0.2) is 9.18 Å². The molecular weight excluding hydrogens is 541 g/mol. The molecule has 0 bridgehead atoms. The van der Waals surface area contributed by atoms with Crippen molar-refractivity contribution < 1.29 is 18.7 Å². The van der Waals surface area contributed by atoms with Crippen molar-refractivity contribution in [3.8, 4) is 11.3 Å². The summed E-state index contributed by atoms with van der Waals surface area (Å²) in [5.41, 5.74) is 7.02. The van der Waals surface area contributed by atoms with Gasteiger partial charge in [0.1, 0.15) is 6.17 Å². The number of methoxy groups -OCH3 is 1. The maximum Gasteiger partial charge on any atom is 0.337 e. The highest BCUT2D eigenvalue weighted by Crippen LogP contribution is 2.46. The molecular formula is C36H42FN3O3. The number of nitrogens with zero attached hydrogens (tertiary/aromatic N) is 3. The van der Waals surface area contributed by atoms with Gasteiger partial charge in [0.2, 0.25) is 0 Å². The average Bonchev–Trinajstić information content (AvgIpc) is 3.26. The molecule has 1 saturated carbocycles. The standard InChI is InChI=1S/C36H42FN3O3/c1-43-36(42)26-13-14-31-32(21-26)40-22-27(35(41)38-18-15-29(16-19-38)39-17-7-11-28(37)23-39)20-25-10-5-6-12-30(25)34(40)33(31)24-8-3-2-4-9-24/h5-6,10,12-14,20-21,24,28-29H,2-4,7-9,11,15-19,22-23H2,1H3. The number of rotatable bonds is 4. The largest absolute Gasteiger partial charge is 0.465 e. The van der Waals surface area contributed by atoms with Crippen molar-refractivity contribution in [1.29, 1.82) is 0 Å². The number of carbonyl (C=O) groups is 2. The van der Waals surface area contributed by atoms with Crippen LogP contribution in [-0.4, -0.2) is 71.7 Å². The maximum atomic E-state index is 14.2. The van der Waals surface area contributed by atoms with Crippen molar-refractivity contribution in [3.05, 3.63) is 64.7 Å². The lowest BCUT2D eigenvalue weighted by atomic mass is 9.81. The van der Waals surface area contributed by atoms with E-state index < -0.39 is 6.17 Å². The summed E-state index contributed by atoms with van der Waals surface area (Å²) in [6.07, 6.45) is 10.7. The second-order valence-corrected chi connectivity index (χ2v) is 12.9. The number of amides is 1. The fraction of sp³-hybridized carbons (Fsp3) is 0.500. The van der Waals surface area contributed by atoms with Crippen LogP contribution in [-0.2, 0) is 16.1 Å². The van der Waals surface area contributed by atoms with Crippen molar-refractivity contribution in [1.82, 2.24) is 14.4 Å².